The first-order valence-electron chi connectivity index (χ1n) is 8.14. The van der Waals surface area contributed by atoms with Gasteiger partial charge in [-0.15, -0.1) is 0 Å². The molecule has 1 atom stereocenters. The molecule has 0 aromatic heterocycles. The molecule has 1 aliphatic rings. The first kappa shape index (κ1) is 19.0. The molecule has 1 heterocycles. The zero-order valence-corrected chi connectivity index (χ0v) is 16.4. The Kier molecular flexibility index (Phi) is 5.46. The average molecular weight is 413 g/mol. The molecule has 8 heteroatoms. The van der Waals surface area contributed by atoms with Crippen LogP contribution in [0.4, 0.5) is 5.69 Å². The van der Waals surface area contributed by atoms with E-state index >= 15 is 0 Å². The van der Waals surface area contributed by atoms with Gasteiger partial charge in [0.2, 0.25) is 10.0 Å². The summed E-state index contributed by atoms with van der Waals surface area (Å²) in [5, 5.41) is 3.88. The van der Waals surface area contributed by atoms with Gasteiger partial charge in [-0.3, -0.25) is 9.10 Å². The van der Waals surface area contributed by atoms with Gasteiger partial charge in [-0.05, 0) is 49.2 Å². The van der Waals surface area contributed by atoms with Gasteiger partial charge in [-0.1, -0.05) is 35.3 Å². The highest BCUT2D eigenvalue weighted by Crippen LogP contribution is 2.27. The lowest BCUT2D eigenvalue weighted by atomic mass is 10.1. The van der Waals surface area contributed by atoms with Gasteiger partial charge in [-0.25, -0.2) is 8.42 Å². The Morgan fingerprint density at radius 2 is 1.96 bits per heavy atom. The number of nitrogens with zero attached hydrogens (tertiary/aromatic N) is 1. The molecule has 2 aromatic carbocycles. The van der Waals surface area contributed by atoms with Crippen LogP contribution in [-0.2, 0) is 10.0 Å². The van der Waals surface area contributed by atoms with E-state index in [4.69, 9.17) is 23.2 Å². The second-order valence-corrected chi connectivity index (χ2v) is 9.01. The number of benzene rings is 2. The van der Waals surface area contributed by atoms with Crippen LogP contribution in [0.2, 0.25) is 10.0 Å². The van der Waals surface area contributed by atoms with Gasteiger partial charge in [-0.2, -0.15) is 0 Å². The Bertz CT molecular complexity index is 947. The third kappa shape index (κ3) is 3.98. The van der Waals surface area contributed by atoms with Gasteiger partial charge in [0.25, 0.3) is 5.91 Å². The maximum atomic E-state index is 12.6. The standard InChI is InChI=1S/C18H18Cl2N2O3S/c1-12(16-7-6-14(19)11-17(16)20)21-18(23)13-4-2-5-15(10-13)22-8-3-9-26(22,24)25/h2,4-7,10-12H,3,8-9H2,1H3,(H,21,23)/t12-/m0/s1. The molecule has 1 saturated heterocycles. The van der Waals surface area contributed by atoms with E-state index in [0.717, 1.165) is 5.56 Å². The van der Waals surface area contributed by atoms with Crippen molar-refractivity contribution in [3.63, 3.8) is 0 Å². The molecular weight excluding hydrogens is 395 g/mol. The molecule has 2 aromatic rings. The van der Waals surface area contributed by atoms with Crippen molar-refractivity contribution in [1.82, 2.24) is 5.32 Å². The number of halogens is 2. The third-order valence-corrected chi connectivity index (χ3v) is 6.70. The van der Waals surface area contributed by atoms with Crippen LogP contribution in [0, 0.1) is 0 Å². The highest BCUT2D eigenvalue weighted by Gasteiger charge is 2.28. The number of rotatable bonds is 4. The van der Waals surface area contributed by atoms with Crippen LogP contribution in [0.3, 0.4) is 0 Å². The molecule has 3 rings (SSSR count). The highest BCUT2D eigenvalue weighted by molar-refractivity contribution is 7.93. The van der Waals surface area contributed by atoms with E-state index in [0.29, 0.717) is 34.3 Å². The first-order chi connectivity index (χ1) is 12.3. The minimum Gasteiger partial charge on any atom is -0.345 e. The molecule has 1 fully saturated rings. The van der Waals surface area contributed by atoms with Crippen molar-refractivity contribution >= 4 is 44.8 Å². The molecule has 1 amide bonds. The predicted octanol–water partition coefficient (Wildman–Crippen LogP) is 4.02. The Labute approximate surface area is 163 Å². The van der Waals surface area contributed by atoms with Crippen LogP contribution >= 0.6 is 23.2 Å². The summed E-state index contributed by atoms with van der Waals surface area (Å²) in [5.74, 6) is -0.169. The van der Waals surface area contributed by atoms with Crippen molar-refractivity contribution < 1.29 is 13.2 Å². The van der Waals surface area contributed by atoms with E-state index in [1.165, 1.54) is 4.31 Å². The minimum atomic E-state index is -3.29. The average Bonchev–Trinajstić information content (AvgIpc) is 2.94. The van der Waals surface area contributed by atoms with E-state index in [1.807, 2.05) is 6.92 Å². The highest BCUT2D eigenvalue weighted by atomic mass is 35.5. The van der Waals surface area contributed by atoms with E-state index in [1.54, 1.807) is 42.5 Å². The van der Waals surface area contributed by atoms with Crippen molar-refractivity contribution in [2.45, 2.75) is 19.4 Å². The second kappa shape index (κ2) is 7.47. The number of anilines is 1. The van der Waals surface area contributed by atoms with Crippen molar-refractivity contribution in [3.8, 4) is 0 Å². The zero-order chi connectivity index (χ0) is 18.9. The van der Waals surface area contributed by atoms with Gasteiger partial charge in [0, 0.05) is 22.2 Å². The van der Waals surface area contributed by atoms with Crippen molar-refractivity contribution in [2.75, 3.05) is 16.6 Å². The SMILES string of the molecule is C[C@H](NC(=O)c1cccc(N2CCCS2(=O)=O)c1)c1ccc(Cl)cc1Cl. The van der Waals surface area contributed by atoms with Gasteiger partial charge in [0.1, 0.15) is 0 Å². The molecule has 0 spiro atoms. The monoisotopic (exact) mass is 412 g/mol. The topological polar surface area (TPSA) is 66.5 Å². The van der Waals surface area contributed by atoms with Crippen molar-refractivity contribution in [3.05, 3.63) is 63.6 Å². The van der Waals surface area contributed by atoms with Crippen LogP contribution in [0.15, 0.2) is 42.5 Å². The molecule has 1 N–H and O–H groups in total. The summed E-state index contributed by atoms with van der Waals surface area (Å²) >= 11 is 12.1. The van der Waals surface area contributed by atoms with E-state index in [9.17, 15) is 13.2 Å². The number of amides is 1. The van der Waals surface area contributed by atoms with E-state index in [2.05, 4.69) is 5.32 Å². The van der Waals surface area contributed by atoms with Crippen molar-refractivity contribution in [2.24, 2.45) is 0 Å². The largest absolute Gasteiger partial charge is 0.345 e. The van der Waals surface area contributed by atoms with Crippen LogP contribution in [0.5, 0.6) is 0 Å². The fraction of sp³-hybridized carbons (Fsp3) is 0.278. The van der Waals surface area contributed by atoms with E-state index < -0.39 is 10.0 Å². The maximum Gasteiger partial charge on any atom is 0.251 e. The summed E-state index contributed by atoms with van der Waals surface area (Å²) in [5.41, 5.74) is 1.65. The van der Waals surface area contributed by atoms with Gasteiger partial charge in [0.15, 0.2) is 0 Å². The molecule has 5 nitrogen and oxygen atoms in total. The first-order valence-corrected chi connectivity index (χ1v) is 10.5. The molecular formula is C18H18Cl2N2O3S. The summed E-state index contributed by atoms with van der Waals surface area (Å²) in [4.78, 5) is 12.6. The molecule has 0 radical (unpaired) electrons. The lowest BCUT2D eigenvalue weighted by molar-refractivity contribution is 0.0940. The summed E-state index contributed by atoms with van der Waals surface area (Å²) in [6.07, 6.45) is 0.588. The van der Waals surface area contributed by atoms with E-state index in [-0.39, 0.29) is 17.7 Å². The lowest BCUT2D eigenvalue weighted by Gasteiger charge is -2.19. The summed E-state index contributed by atoms with van der Waals surface area (Å²) in [6.45, 7) is 2.26. The van der Waals surface area contributed by atoms with Crippen LogP contribution in [0.25, 0.3) is 0 Å². The van der Waals surface area contributed by atoms with Gasteiger partial charge in [0.05, 0.1) is 17.5 Å². The van der Waals surface area contributed by atoms with Crippen molar-refractivity contribution in [1.29, 1.82) is 0 Å². The molecule has 138 valence electrons. The quantitative estimate of drug-likeness (QED) is 0.823. The van der Waals surface area contributed by atoms with Gasteiger partial charge >= 0.3 is 0 Å². The fourth-order valence-corrected chi connectivity index (χ4v) is 5.07. The normalized spacial score (nSPS) is 17.1. The number of sulfonamides is 1. The smallest absolute Gasteiger partial charge is 0.251 e. The predicted molar refractivity (Wildman–Crippen MR) is 105 cm³/mol. The van der Waals surface area contributed by atoms with Crippen LogP contribution < -0.4 is 9.62 Å². The van der Waals surface area contributed by atoms with Gasteiger partial charge < -0.3 is 5.32 Å². The second-order valence-electron chi connectivity index (χ2n) is 6.15. The Morgan fingerprint density at radius 1 is 1.19 bits per heavy atom. The number of carbonyl (C=O) groups excluding carboxylic acids is 1. The zero-order valence-electron chi connectivity index (χ0n) is 14.1. The molecule has 0 aliphatic carbocycles. The molecule has 1 aliphatic heterocycles. The van der Waals surface area contributed by atoms with Crippen LogP contribution in [-0.4, -0.2) is 26.6 Å². The van der Waals surface area contributed by atoms with Crippen LogP contribution in [0.1, 0.15) is 35.3 Å². The minimum absolute atomic E-state index is 0.134. The number of nitrogens with one attached hydrogen (secondary N) is 1. The molecule has 0 saturated carbocycles. The number of hydrogen-bond acceptors (Lipinski definition) is 3. The Morgan fingerprint density at radius 3 is 2.62 bits per heavy atom. The summed E-state index contributed by atoms with van der Waals surface area (Å²) < 4.78 is 25.5. The lowest BCUT2D eigenvalue weighted by Crippen LogP contribution is -2.28. The number of carbonyl (C=O) groups is 1. The Hall–Kier alpha value is -1.76. The maximum absolute atomic E-state index is 12.6. The number of hydrogen-bond donors (Lipinski definition) is 1. The summed E-state index contributed by atoms with van der Waals surface area (Å²) in [7, 11) is -3.29. The fourth-order valence-electron chi connectivity index (χ4n) is 2.94. The molecule has 0 unspecified atom stereocenters. The summed E-state index contributed by atoms with van der Waals surface area (Å²) in [6, 6.07) is 11.4. The third-order valence-electron chi connectivity index (χ3n) is 4.27. The molecule has 26 heavy (non-hydrogen) atoms. The molecule has 0 bridgehead atoms. The Balaban J connectivity index is 1.79.